The van der Waals surface area contributed by atoms with Gasteiger partial charge in [-0.1, -0.05) is 24.3 Å². The van der Waals surface area contributed by atoms with Crippen LogP contribution < -0.4 is 4.74 Å². The largest absolute Gasteiger partial charge is 0.487 e. The Kier molecular flexibility index (Phi) is 4.69. The molecule has 0 aliphatic heterocycles. The number of ketones is 1. The lowest BCUT2D eigenvalue weighted by Gasteiger charge is -2.19. The lowest BCUT2D eigenvalue weighted by Crippen LogP contribution is -2.25. The molecule has 130 valence electrons. The van der Waals surface area contributed by atoms with Gasteiger partial charge in [0.1, 0.15) is 11.9 Å². The third kappa shape index (κ3) is 3.49. The van der Waals surface area contributed by atoms with E-state index in [1.54, 1.807) is 30.3 Å². The molecule has 5 atom stereocenters. The third-order valence-corrected chi connectivity index (χ3v) is 4.88. The Bertz CT molecular complexity index is 617. The zero-order valence-corrected chi connectivity index (χ0v) is 13.0. The van der Waals surface area contributed by atoms with Crippen LogP contribution in [0.2, 0.25) is 0 Å². The molecule has 24 heavy (non-hydrogen) atoms. The van der Waals surface area contributed by atoms with Gasteiger partial charge in [-0.25, -0.2) is 0 Å². The molecule has 2 saturated carbocycles. The van der Waals surface area contributed by atoms with E-state index in [9.17, 15) is 23.8 Å². The quantitative estimate of drug-likeness (QED) is 0.808. The summed E-state index contributed by atoms with van der Waals surface area (Å²) in [6.07, 6.45) is 0.587. The first kappa shape index (κ1) is 17.0. The summed E-state index contributed by atoms with van der Waals surface area (Å²) < 4.78 is 33.0. The summed E-state index contributed by atoms with van der Waals surface area (Å²) in [7, 11) is 0. The van der Waals surface area contributed by atoms with Crippen LogP contribution in [0.1, 0.15) is 12.8 Å². The second-order valence-corrected chi connectivity index (χ2v) is 6.53. The highest BCUT2D eigenvalue weighted by molar-refractivity contribution is 5.88. The molecule has 0 aromatic heterocycles. The van der Waals surface area contributed by atoms with Gasteiger partial charge >= 0.3 is 0 Å². The monoisotopic (exact) mass is 338 g/mol. The molecular formula is C18H20F2O4. The maximum Gasteiger partial charge on any atom is 0.299 e. The molecule has 4 nitrogen and oxygen atoms in total. The second-order valence-electron chi connectivity index (χ2n) is 6.53. The van der Waals surface area contributed by atoms with Crippen LogP contribution >= 0.6 is 0 Å². The maximum atomic E-state index is 14.0. The van der Waals surface area contributed by atoms with Crippen LogP contribution in [0.15, 0.2) is 42.5 Å². The topological polar surface area (TPSA) is 66.8 Å². The van der Waals surface area contributed by atoms with Gasteiger partial charge in [0.15, 0.2) is 12.4 Å². The molecule has 0 spiro atoms. The molecule has 1 unspecified atom stereocenters. The van der Waals surface area contributed by atoms with E-state index in [1.165, 1.54) is 6.08 Å². The third-order valence-electron chi connectivity index (χ3n) is 4.88. The van der Waals surface area contributed by atoms with Crippen molar-refractivity contribution in [2.24, 2.45) is 17.8 Å². The van der Waals surface area contributed by atoms with Crippen LogP contribution in [-0.2, 0) is 4.79 Å². The molecular weight excluding hydrogens is 318 g/mol. The van der Waals surface area contributed by atoms with Crippen molar-refractivity contribution >= 4 is 5.78 Å². The van der Waals surface area contributed by atoms with Crippen LogP contribution in [0.4, 0.5) is 8.78 Å². The van der Waals surface area contributed by atoms with Gasteiger partial charge in [-0.3, -0.25) is 4.79 Å². The number of Topliss-reactive ketones (excluding diaryl/α,β-unsaturated/α-hetero) is 1. The number of ether oxygens (including phenoxy) is 1. The number of aliphatic hydroxyl groups excluding tert-OH is 2. The van der Waals surface area contributed by atoms with Gasteiger partial charge in [0.2, 0.25) is 0 Å². The Balaban J connectivity index is 1.62. The summed E-state index contributed by atoms with van der Waals surface area (Å²) in [5.41, 5.74) is 0. The number of benzene rings is 1. The highest BCUT2D eigenvalue weighted by atomic mass is 19.3. The Morgan fingerprint density at radius 3 is 2.62 bits per heavy atom. The Labute approximate surface area is 138 Å². The average molecular weight is 338 g/mol. The van der Waals surface area contributed by atoms with Crippen molar-refractivity contribution in [1.29, 1.82) is 0 Å². The molecule has 2 N–H and O–H groups in total. The zero-order chi connectivity index (χ0) is 17.3. The van der Waals surface area contributed by atoms with E-state index in [2.05, 4.69) is 0 Å². The van der Waals surface area contributed by atoms with Gasteiger partial charge in [0.05, 0.1) is 6.10 Å². The number of carbonyl (C=O) groups excluding carboxylic acids is 1. The highest BCUT2D eigenvalue weighted by Crippen LogP contribution is 2.46. The van der Waals surface area contributed by atoms with E-state index in [-0.39, 0.29) is 24.5 Å². The van der Waals surface area contributed by atoms with E-state index in [1.807, 2.05) is 0 Å². The van der Waals surface area contributed by atoms with Crippen molar-refractivity contribution < 1.29 is 28.5 Å². The lowest BCUT2D eigenvalue weighted by molar-refractivity contribution is -0.127. The molecule has 1 aromatic rings. The number of hydrogen-bond donors (Lipinski definition) is 2. The fraction of sp³-hybridized carbons (Fsp3) is 0.500. The van der Waals surface area contributed by atoms with Crippen molar-refractivity contribution in [1.82, 2.24) is 0 Å². The van der Waals surface area contributed by atoms with Crippen molar-refractivity contribution in [3.05, 3.63) is 42.5 Å². The number of aliphatic hydroxyl groups is 2. The van der Waals surface area contributed by atoms with Crippen LogP contribution in [0, 0.1) is 17.8 Å². The standard InChI is InChI=1S/C18H20F2O4/c19-18(20,10-24-11-4-2-1-3-5-11)7-6-12-13-8-16(22)17(23)14(13)9-15(12)21/h1-7,12-16,21-22H,8-10H2/b7-6+/t12-,13-,14+,15-,16?/m1/s1. The number of rotatable bonds is 5. The first-order valence-electron chi connectivity index (χ1n) is 8.02. The van der Waals surface area contributed by atoms with Gasteiger partial charge in [-0.05, 0) is 37.0 Å². The molecule has 0 amide bonds. The fourth-order valence-electron chi connectivity index (χ4n) is 3.68. The number of halogens is 2. The van der Waals surface area contributed by atoms with Gasteiger partial charge in [-0.15, -0.1) is 0 Å². The maximum absolute atomic E-state index is 14.0. The number of alkyl halides is 2. The van der Waals surface area contributed by atoms with Gasteiger partial charge in [0, 0.05) is 11.8 Å². The number of hydrogen-bond acceptors (Lipinski definition) is 4. The minimum atomic E-state index is -3.19. The summed E-state index contributed by atoms with van der Waals surface area (Å²) in [5, 5.41) is 19.7. The highest BCUT2D eigenvalue weighted by Gasteiger charge is 2.51. The summed E-state index contributed by atoms with van der Waals surface area (Å²) in [6.45, 7) is -0.800. The average Bonchev–Trinajstić information content (AvgIpc) is 3.00. The van der Waals surface area contributed by atoms with Crippen LogP contribution in [0.25, 0.3) is 0 Å². The SMILES string of the molecule is O=C1C(O)C[C@@H]2[C@@H](/C=C/C(F)(F)COc3ccccc3)[C@H](O)C[C@H]12. The predicted octanol–water partition coefficient (Wildman–Crippen LogP) is 2.20. The van der Waals surface area contributed by atoms with E-state index in [0.717, 1.165) is 6.08 Å². The van der Waals surface area contributed by atoms with Gasteiger partial charge in [-0.2, -0.15) is 8.78 Å². The van der Waals surface area contributed by atoms with Crippen LogP contribution in [-0.4, -0.2) is 40.7 Å². The molecule has 0 saturated heterocycles. The van der Waals surface area contributed by atoms with E-state index < -0.39 is 36.6 Å². The Morgan fingerprint density at radius 2 is 1.92 bits per heavy atom. The fourth-order valence-corrected chi connectivity index (χ4v) is 3.68. The zero-order valence-electron chi connectivity index (χ0n) is 13.0. The number of carbonyl (C=O) groups is 1. The Hall–Kier alpha value is -1.79. The first-order chi connectivity index (χ1) is 11.4. The molecule has 2 aliphatic rings. The normalized spacial score (nSPS) is 33.2. The molecule has 2 fully saturated rings. The molecule has 0 radical (unpaired) electrons. The lowest BCUT2D eigenvalue weighted by atomic mass is 9.90. The minimum absolute atomic E-state index is 0.224. The molecule has 1 aromatic carbocycles. The van der Waals surface area contributed by atoms with Crippen molar-refractivity contribution in [3.8, 4) is 5.75 Å². The molecule has 2 aliphatic carbocycles. The second kappa shape index (κ2) is 6.61. The summed E-state index contributed by atoms with van der Waals surface area (Å²) in [4.78, 5) is 11.8. The molecule has 0 heterocycles. The van der Waals surface area contributed by atoms with E-state index >= 15 is 0 Å². The van der Waals surface area contributed by atoms with E-state index in [0.29, 0.717) is 5.75 Å². The Morgan fingerprint density at radius 1 is 1.21 bits per heavy atom. The smallest absolute Gasteiger partial charge is 0.299 e. The number of fused-ring (bicyclic) bond motifs is 1. The van der Waals surface area contributed by atoms with Crippen LogP contribution in [0.3, 0.4) is 0 Å². The molecule has 0 bridgehead atoms. The van der Waals surface area contributed by atoms with Crippen molar-refractivity contribution in [2.45, 2.75) is 31.0 Å². The number of para-hydroxylation sites is 1. The van der Waals surface area contributed by atoms with Gasteiger partial charge in [0.25, 0.3) is 5.92 Å². The van der Waals surface area contributed by atoms with Gasteiger partial charge < -0.3 is 14.9 Å². The molecule has 6 heteroatoms. The minimum Gasteiger partial charge on any atom is -0.487 e. The molecule has 3 rings (SSSR count). The first-order valence-corrected chi connectivity index (χ1v) is 8.02. The summed E-state index contributed by atoms with van der Waals surface area (Å²) >= 11 is 0. The van der Waals surface area contributed by atoms with E-state index in [4.69, 9.17) is 4.74 Å². The summed E-state index contributed by atoms with van der Waals surface area (Å²) in [6, 6.07) is 8.34. The predicted molar refractivity (Wildman–Crippen MR) is 82.7 cm³/mol. The van der Waals surface area contributed by atoms with Crippen molar-refractivity contribution in [2.75, 3.05) is 6.61 Å². The van der Waals surface area contributed by atoms with Crippen LogP contribution in [0.5, 0.6) is 5.75 Å². The van der Waals surface area contributed by atoms with Crippen molar-refractivity contribution in [3.63, 3.8) is 0 Å². The summed E-state index contributed by atoms with van der Waals surface area (Å²) in [5.74, 6) is -4.36.